The zero-order chi connectivity index (χ0) is 35.9. The molecule has 6 atom stereocenters. The summed E-state index contributed by atoms with van der Waals surface area (Å²) in [6.45, 7) is 21.6. The van der Waals surface area contributed by atoms with E-state index in [9.17, 15) is 24.6 Å². The van der Waals surface area contributed by atoms with Gasteiger partial charge in [0.05, 0.1) is 33.0 Å². The molecule has 0 saturated heterocycles. The van der Waals surface area contributed by atoms with Crippen molar-refractivity contribution in [1.29, 1.82) is 0 Å². The van der Waals surface area contributed by atoms with E-state index in [1.807, 2.05) is 6.92 Å². The molecule has 0 aromatic rings. The van der Waals surface area contributed by atoms with E-state index < -0.39 is 12.2 Å². The van der Waals surface area contributed by atoms with Gasteiger partial charge in [-0.3, -0.25) is 9.59 Å². The van der Waals surface area contributed by atoms with Crippen molar-refractivity contribution in [3.63, 3.8) is 0 Å². The fraction of sp³-hybridized carbons (Fsp3) is 0.889. The third-order valence-corrected chi connectivity index (χ3v) is 10.1. The molecule has 12 heteroatoms. The van der Waals surface area contributed by atoms with Gasteiger partial charge in [0.2, 0.25) is 0 Å². The van der Waals surface area contributed by atoms with Gasteiger partial charge in [0.1, 0.15) is 5.78 Å². The van der Waals surface area contributed by atoms with Crippen LogP contribution in [0.4, 0.5) is 4.79 Å². The van der Waals surface area contributed by atoms with Crippen LogP contribution in [0.3, 0.4) is 0 Å². The number of amides is 1. The number of carbonyl (C=O) groups excluding carboxylic acids is 3. The maximum Gasteiger partial charge on any atom is 1.00 e. The Hall–Kier alpha value is -0.444. The summed E-state index contributed by atoms with van der Waals surface area (Å²) in [5.41, 5.74) is 8.87. The van der Waals surface area contributed by atoms with Crippen molar-refractivity contribution in [2.24, 2.45) is 50.8 Å². The summed E-state index contributed by atoms with van der Waals surface area (Å²) in [4.78, 5) is 31.8. The first-order chi connectivity index (χ1) is 21.1. The normalized spacial score (nSPS) is 28.3. The second kappa shape index (κ2) is 24.7. The third kappa shape index (κ3) is 21.0. The zero-order valence-electron chi connectivity index (χ0n) is 32.6. The monoisotopic (exact) mass is 711 g/mol. The fourth-order valence-corrected chi connectivity index (χ4v) is 7.01. The standard InChI is InChI=1S/C12H22N2O3.C11H22.C10H18O2.C3H7NO2.K.H2O/c1-8(13-14-11(16)17-4)9-5-6-12(2,3)7-10(9)15;1-5-10-6-7-11(3,4)8-9(10)2;1-7(11)8-4-5-10(2,3)6-9(8)12;1-6-3(5)2-4;;/h9-10,15H,5-7H2,1-4H3,(H,14,16);9-10H,5-8H2,1-4H3;8-9,12H,4-6H2,1-3H3;2,4H2,1H3;;1H2/q;;;;+1;/p-1/b13-8+;;;;;. The number of nitrogens with zero attached hydrogens (tertiary/aromatic N) is 1. The van der Waals surface area contributed by atoms with Crippen molar-refractivity contribution in [3.8, 4) is 0 Å². The molecule has 0 spiro atoms. The Morgan fingerprint density at radius 2 is 1.25 bits per heavy atom. The summed E-state index contributed by atoms with van der Waals surface area (Å²) in [6.07, 6.45) is 9.72. The first-order valence-electron chi connectivity index (χ1n) is 17.2. The Morgan fingerprint density at radius 3 is 1.58 bits per heavy atom. The average molecular weight is 712 g/mol. The predicted octanol–water partition coefficient (Wildman–Crippen LogP) is 3.47. The van der Waals surface area contributed by atoms with Crippen LogP contribution in [-0.4, -0.2) is 72.2 Å². The number of hydrazone groups is 1. The zero-order valence-corrected chi connectivity index (χ0v) is 35.8. The predicted molar refractivity (Wildman–Crippen MR) is 187 cm³/mol. The van der Waals surface area contributed by atoms with E-state index in [0.717, 1.165) is 56.1 Å². The smallest absolute Gasteiger partial charge is 0.870 e. The molecule has 0 bridgehead atoms. The van der Waals surface area contributed by atoms with Crippen molar-refractivity contribution >= 4 is 23.6 Å². The van der Waals surface area contributed by atoms with Crippen LogP contribution in [0.15, 0.2) is 5.10 Å². The minimum absolute atomic E-state index is 0. The van der Waals surface area contributed by atoms with Gasteiger partial charge in [-0.15, -0.1) is 0 Å². The van der Waals surface area contributed by atoms with Crippen molar-refractivity contribution in [2.75, 3.05) is 20.8 Å². The number of Topliss-reactive ketones (excluding diaryl/α,β-unsaturated/α-hetero) is 1. The molecule has 11 nitrogen and oxygen atoms in total. The molecule has 6 N–H and O–H groups in total. The average Bonchev–Trinajstić information content (AvgIpc) is 2.94. The van der Waals surface area contributed by atoms with E-state index in [0.29, 0.717) is 5.41 Å². The van der Waals surface area contributed by atoms with Gasteiger partial charge in [-0.05, 0) is 99.7 Å². The van der Waals surface area contributed by atoms with Crippen molar-refractivity contribution < 1.29 is 90.9 Å². The Labute approximate surface area is 334 Å². The SMILES string of the molecule is CC(=O)C1CCC(C)(C)CC1O.CCC1CCC(C)(C)CC1C.COC(=O)CN.COC(=O)N/N=C(\C)C1CCC(C)(C)CC1O.[K+].[OH-]. The molecule has 1 amide bonds. The van der Waals surface area contributed by atoms with Gasteiger partial charge in [-0.25, -0.2) is 10.2 Å². The number of carbonyl (C=O) groups is 3. The quantitative estimate of drug-likeness (QED) is 0.143. The minimum atomic E-state index is -0.588. The Morgan fingerprint density at radius 1 is 0.812 bits per heavy atom. The second-order valence-corrected chi connectivity index (χ2v) is 16.0. The largest absolute Gasteiger partial charge is 1.00 e. The molecule has 0 aliphatic heterocycles. The van der Waals surface area contributed by atoms with Gasteiger partial charge in [0.25, 0.3) is 0 Å². The van der Waals surface area contributed by atoms with Crippen LogP contribution in [0.5, 0.6) is 0 Å². The molecule has 278 valence electrons. The molecule has 6 unspecified atom stereocenters. The van der Waals surface area contributed by atoms with Crippen molar-refractivity contribution in [2.45, 2.75) is 146 Å². The Balaban J connectivity index is -0.000000584. The Kier molecular flexibility index (Phi) is 26.7. The maximum atomic E-state index is 11.1. The van der Waals surface area contributed by atoms with Crippen LogP contribution in [-0.2, 0) is 19.1 Å². The molecule has 0 aromatic heterocycles. The number of aliphatic hydroxyl groups is 2. The number of nitrogens with two attached hydrogens (primary N) is 1. The number of methoxy groups -OCH3 is 2. The molecular formula is C36H70KN3O8. The van der Waals surface area contributed by atoms with E-state index in [-0.39, 0.29) is 104 Å². The van der Waals surface area contributed by atoms with E-state index in [1.165, 1.54) is 39.9 Å². The summed E-state index contributed by atoms with van der Waals surface area (Å²) in [6, 6.07) is 0. The number of nitrogens with one attached hydrogen (secondary N) is 1. The topological polar surface area (TPSA) is 191 Å². The number of rotatable bonds is 5. The van der Waals surface area contributed by atoms with Crippen LogP contribution >= 0.6 is 0 Å². The molecule has 3 fully saturated rings. The van der Waals surface area contributed by atoms with Gasteiger partial charge >= 0.3 is 63.4 Å². The summed E-state index contributed by atoms with van der Waals surface area (Å²) in [5.74, 6) is 1.66. The van der Waals surface area contributed by atoms with E-state index in [2.05, 4.69) is 75.4 Å². The molecule has 3 aliphatic carbocycles. The minimum Gasteiger partial charge on any atom is -0.870 e. The first-order valence-corrected chi connectivity index (χ1v) is 17.2. The second-order valence-electron chi connectivity index (χ2n) is 16.0. The molecule has 0 heterocycles. The van der Waals surface area contributed by atoms with Crippen LogP contribution in [0.25, 0.3) is 0 Å². The van der Waals surface area contributed by atoms with Gasteiger partial charge in [0.15, 0.2) is 0 Å². The fourth-order valence-electron chi connectivity index (χ4n) is 7.01. The number of ether oxygens (including phenoxy) is 2. The van der Waals surface area contributed by atoms with E-state index >= 15 is 0 Å². The Bertz CT molecular complexity index is 967. The van der Waals surface area contributed by atoms with Crippen molar-refractivity contribution in [3.05, 3.63) is 0 Å². The van der Waals surface area contributed by atoms with Gasteiger partial charge < -0.3 is 30.9 Å². The van der Waals surface area contributed by atoms with E-state index in [4.69, 9.17) is 5.73 Å². The molecule has 48 heavy (non-hydrogen) atoms. The van der Waals surface area contributed by atoms with Crippen LogP contribution < -0.4 is 62.5 Å². The molecule has 3 rings (SSSR count). The van der Waals surface area contributed by atoms with Crippen LogP contribution in [0, 0.1) is 39.9 Å². The van der Waals surface area contributed by atoms with Gasteiger partial charge in [-0.1, -0.05) is 61.8 Å². The molecular weight excluding hydrogens is 642 g/mol. The van der Waals surface area contributed by atoms with Crippen LogP contribution in [0.1, 0.15) is 133 Å². The summed E-state index contributed by atoms with van der Waals surface area (Å²) >= 11 is 0. The molecule has 0 aromatic carbocycles. The number of aliphatic hydroxyl groups excluding tert-OH is 2. The molecule has 0 radical (unpaired) electrons. The number of esters is 1. The summed E-state index contributed by atoms with van der Waals surface area (Å²) in [5, 5.41) is 23.7. The van der Waals surface area contributed by atoms with E-state index in [1.54, 1.807) is 6.92 Å². The van der Waals surface area contributed by atoms with Gasteiger partial charge in [0, 0.05) is 17.5 Å². The number of hydrogen-bond donors (Lipinski definition) is 4. The third-order valence-electron chi connectivity index (χ3n) is 10.1. The number of ketones is 1. The summed E-state index contributed by atoms with van der Waals surface area (Å²) in [7, 11) is 2.59. The molecule has 3 aliphatic rings. The van der Waals surface area contributed by atoms with Crippen LogP contribution in [0.2, 0.25) is 0 Å². The molecule has 3 saturated carbocycles. The van der Waals surface area contributed by atoms with Crippen molar-refractivity contribution in [1.82, 2.24) is 5.43 Å². The first kappa shape index (κ1) is 51.9. The maximum absolute atomic E-state index is 11.1. The number of hydrogen-bond acceptors (Lipinski definition) is 10. The van der Waals surface area contributed by atoms with Gasteiger partial charge in [-0.2, -0.15) is 5.10 Å². The summed E-state index contributed by atoms with van der Waals surface area (Å²) < 4.78 is 8.56.